The van der Waals surface area contributed by atoms with Crippen molar-refractivity contribution in [2.24, 2.45) is 7.05 Å². The standard InChI is InChI=1S/C17H18N6O2/c1-11-8-20-13(9-19-11)16(24)22-7-5-12(10-22)23-15-14(4-3-6-18-15)21(2)17(23)25/h3-4,6,8-9,12H,5,7,10H2,1-2H3/t12-/m0/s1. The minimum Gasteiger partial charge on any atom is -0.335 e. The molecule has 0 saturated carbocycles. The number of carbonyl (C=O) groups is 1. The van der Waals surface area contributed by atoms with Gasteiger partial charge in [0.2, 0.25) is 0 Å². The van der Waals surface area contributed by atoms with E-state index in [4.69, 9.17) is 0 Å². The number of fused-ring (bicyclic) bond motifs is 1. The molecule has 1 aliphatic heterocycles. The predicted octanol–water partition coefficient (Wildman–Crippen LogP) is 0.921. The average molecular weight is 338 g/mol. The van der Waals surface area contributed by atoms with Crippen LogP contribution in [0.5, 0.6) is 0 Å². The molecule has 0 unspecified atom stereocenters. The van der Waals surface area contributed by atoms with Gasteiger partial charge in [-0.1, -0.05) is 0 Å². The third kappa shape index (κ3) is 2.50. The second-order valence-corrected chi connectivity index (χ2v) is 6.29. The van der Waals surface area contributed by atoms with Crippen LogP contribution >= 0.6 is 0 Å². The summed E-state index contributed by atoms with van der Waals surface area (Å²) in [5.74, 6) is -0.156. The van der Waals surface area contributed by atoms with Gasteiger partial charge < -0.3 is 4.90 Å². The Bertz CT molecular complexity index is 1000. The van der Waals surface area contributed by atoms with E-state index in [2.05, 4.69) is 15.0 Å². The lowest BCUT2D eigenvalue weighted by Crippen LogP contribution is -2.32. The number of imidazole rings is 1. The summed E-state index contributed by atoms with van der Waals surface area (Å²) < 4.78 is 3.29. The van der Waals surface area contributed by atoms with Gasteiger partial charge in [-0.25, -0.2) is 14.8 Å². The van der Waals surface area contributed by atoms with Crippen molar-refractivity contribution in [3.05, 3.63) is 52.6 Å². The quantitative estimate of drug-likeness (QED) is 0.693. The van der Waals surface area contributed by atoms with E-state index < -0.39 is 0 Å². The van der Waals surface area contributed by atoms with Crippen molar-refractivity contribution in [2.45, 2.75) is 19.4 Å². The van der Waals surface area contributed by atoms with Gasteiger partial charge in [-0.15, -0.1) is 0 Å². The van der Waals surface area contributed by atoms with Crippen LogP contribution in [0.4, 0.5) is 0 Å². The Hall–Kier alpha value is -3.03. The number of pyridine rings is 1. The SMILES string of the molecule is Cc1cnc(C(=O)N2CC[C@H](n3c(=O)n(C)c4cccnc43)C2)cn1. The van der Waals surface area contributed by atoms with Crippen LogP contribution in [0.15, 0.2) is 35.5 Å². The molecule has 8 nitrogen and oxygen atoms in total. The van der Waals surface area contributed by atoms with Gasteiger partial charge >= 0.3 is 5.69 Å². The summed E-state index contributed by atoms with van der Waals surface area (Å²) in [7, 11) is 1.74. The fourth-order valence-corrected chi connectivity index (χ4v) is 3.32. The number of amides is 1. The third-order valence-electron chi connectivity index (χ3n) is 4.66. The summed E-state index contributed by atoms with van der Waals surface area (Å²) in [6, 6.07) is 3.60. The molecule has 1 atom stereocenters. The molecule has 1 saturated heterocycles. The smallest absolute Gasteiger partial charge is 0.330 e. The normalized spacial score (nSPS) is 17.4. The minimum atomic E-state index is -0.156. The summed E-state index contributed by atoms with van der Waals surface area (Å²) in [6.07, 6.45) is 5.47. The number of nitrogens with zero attached hydrogens (tertiary/aromatic N) is 6. The van der Waals surface area contributed by atoms with Crippen LogP contribution in [0.3, 0.4) is 0 Å². The first-order valence-electron chi connectivity index (χ1n) is 8.16. The number of carbonyl (C=O) groups excluding carboxylic acids is 1. The number of hydrogen-bond donors (Lipinski definition) is 0. The van der Waals surface area contributed by atoms with Crippen molar-refractivity contribution in [3.8, 4) is 0 Å². The van der Waals surface area contributed by atoms with Gasteiger partial charge in [0.05, 0.1) is 23.4 Å². The molecular weight excluding hydrogens is 320 g/mol. The summed E-state index contributed by atoms with van der Waals surface area (Å²) in [4.78, 5) is 39.6. The van der Waals surface area contributed by atoms with Gasteiger partial charge in [0, 0.05) is 32.5 Å². The molecular formula is C17H18N6O2. The van der Waals surface area contributed by atoms with Crippen LogP contribution in [-0.2, 0) is 7.05 Å². The molecule has 0 bridgehead atoms. The van der Waals surface area contributed by atoms with E-state index in [1.165, 1.54) is 6.20 Å². The first-order chi connectivity index (χ1) is 12.1. The van der Waals surface area contributed by atoms with Crippen molar-refractivity contribution >= 4 is 17.1 Å². The molecule has 1 fully saturated rings. The summed E-state index contributed by atoms with van der Waals surface area (Å²) in [5, 5.41) is 0. The largest absolute Gasteiger partial charge is 0.335 e. The van der Waals surface area contributed by atoms with E-state index in [0.29, 0.717) is 30.9 Å². The molecule has 4 rings (SSSR count). The molecule has 1 amide bonds. The third-order valence-corrected chi connectivity index (χ3v) is 4.66. The number of hydrogen-bond acceptors (Lipinski definition) is 5. The van der Waals surface area contributed by atoms with Crippen LogP contribution in [0, 0.1) is 6.92 Å². The number of rotatable bonds is 2. The van der Waals surface area contributed by atoms with Crippen molar-refractivity contribution in [1.82, 2.24) is 29.0 Å². The van der Waals surface area contributed by atoms with Gasteiger partial charge in [-0.2, -0.15) is 0 Å². The Morgan fingerprint density at radius 2 is 2.08 bits per heavy atom. The Labute approximate surface area is 143 Å². The van der Waals surface area contributed by atoms with Gasteiger partial charge in [0.15, 0.2) is 5.65 Å². The highest BCUT2D eigenvalue weighted by atomic mass is 16.2. The second-order valence-electron chi connectivity index (χ2n) is 6.29. The molecule has 0 radical (unpaired) electrons. The van der Waals surface area contributed by atoms with Crippen molar-refractivity contribution < 1.29 is 4.79 Å². The van der Waals surface area contributed by atoms with E-state index in [9.17, 15) is 9.59 Å². The van der Waals surface area contributed by atoms with Crippen LogP contribution < -0.4 is 5.69 Å². The maximum atomic E-state index is 12.6. The lowest BCUT2D eigenvalue weighted by molar-refractivity contribution is 0.0781. The van der Waals surface area contributed by atoms with Gasteiger partial charge in [0.1, 0.15) is 5.69 Å². The zero-order valence-electron chi connectivity index (χ0n) is 14.1. The highest BCUT2D eigenvalue weighted by molar-refractivity contribution is 5.92. The number of aromatic nitrogens is 5. The molecule has 0 N–H and O–H groups in total. The number of aryl methyl sites for hydroxylation is 2. The zero-order valence-corrected chi connectivity index (χ0v) is 14.1. The molecule has 0 aliphatic carbocycles. The fraction of sp³-hybridized carbons (Fsp3) is 0.353. The molecule has 0 aromatic carbocycles. The first-order valence-corrected chi connectivity index (χ1v) is 8.16. The van der Waals surface area contributed by atoms with Crippen LogP contribution in [0.2, 0.25) is 0 Å². The highest BCUT2D eigenvalue weighted by Crippen LogP contribution is 2.24. The monoisotopic (exact) mass is 338 g/mol. The molecule has 128 valence electrons. The van der Waals surface area contributed by atoms with Crippen LogP contribution in [0.25, 0.3) is 11.2 Å². The van der Waals surface area contributed by atoms with Crippen molar-refractivity contribution in [1.29, 1.82) is 0 Å². The van der Waals surface area contributed by atoms with Crippen molar-refractivity contribution in [2.75, 3.05) is 13.1 Å². The molecule has 3 aromatic rings. The van der Waals surface area contributed by atoms with E-state index >= 15 is 0 Å². The fourth-order valence-electron chi connectivity index (χ4n) is 3.32. The van der Waals surface area contributed by atoms with Crippen LogP contribution in [0.1, 0.15) is 28.6 Å². The summed E-state index contributed by atoms with van der Waals surface area (Å²) in [6.45, 7) is 2.87. The maximum absolute atomic E-state index is 12.6. The topological polar surface area (TPSA) is 85.9 Å². The molecule has 3 aromatic heterocycles. The molecule has 1 aliphatic rings. The lowest BCUT2D eigenvalue weighted by atomic mass is 10.2. The molecule has 25 heavy (non-hydrogen) atoms. The highest BCUT2D eigenvalue weighted by Gasteiger charge is 2.31. The Morgan fingerprint density at radius 3 is 2.84 bits per heavy atom. The predicted molar refractivity (Wildman–Crippen MR) is 91.3 cm³/mol. The second kappa shape index (κ2) is 5.80. The van der Waals surface area contributed by atoms with E-state index in [-0.39, 0.29) is 17.6 Å². The summed E-state index contributed by atoms with van der Waals surface area (Å²) in [5.41, 5.74) is 2.44. The van der Waals surface area contributed by atoms with Gasteiger partial charge in [0.25, 0.3) is 5.91 Å². The average Bonchev–Trinajstić information content (AvgIpc) is 3.19. The molecule has 0 spiro atoms. The van der Waals surface area contributed by atoms with E-state index in [0.717, 1.165) is 11.2 Å². The zero-order chi connectivity index (χ0) is 17.6. The minimum absolute atomic E-state index is 0.0894. The lowest BCUT2D eigenvalue weighted by Gasteiger charge is -2.16. The summed E-state index contributed by atoms with van der Waals surface area (Å²) >= 11 is 0. The van der Waals surface area contributed by atoms with Crippen molar-refractivity contribution in [3.63, 3.8) is 0 Å². The van der Waals surface area contributed by atoms with Gasteiger partial charge in [-0.05, 0) is 25.5 Å². The van der Waals surface area contributed by atoms with Crippen LogP contribution in [-0.4, -0.2) is 48.0 Å². The van der Waals surface area contributed by atoms with E-state index in [1.54, 1.807) is 33.5 Å². The van der Waals surface area contributed by atoms with E-state index in [1.807, 2.05) is 19.1 Å². The Kier molecular flexibility index (Phi) is 3.60. The molecule has 8 heteroatoms. The Morgan fingerprint density at radius 1 is 1.24 bits per heavy atom. The van der Waals surface area contributed by atoms with Gasteiger partial charge in [-0.3, -0.25) is 18.9 Å². The number of likely N-dealkylation sites (tertiary alicyclic amines) is 1. The molecule has 4 heterocycles. The maximum Gasteiger partial charge on any atom is 0.330 e. The first kappa shape index (κ1) is 15.5. The Balaban J connectivity index is 1.63.